The number of sulfonamides is 1. The van der Waals surface area contributed by atoms with Crippen molar-refractivity contribution in [2.24, 2.45) is 5.14 Å². The second-order valence-electron chi connectivity index (χ2n) is 4.29. The molecule has 1 aromatic rings. The number of aryl methyl sites for hydroxylation is 1. The van der Waals surface area contributed by atoms with Gasteiger partial charge in [0.05, 0.1) is 11.5 Å². The van der Waals surface area contributed by atoms with Crippen LogP contribution in [0.5, 0.6) is 5.75 Å². The molecule has 0 saturated carbocycles. The summed E-state index contributed by atoms with van der Waals surface area (Å²) in [6.45, 7) is 5.50. The van der Waals surface area contributed by atoms with Gasteiger partial charge in [0, 0.05) is 6.61 Å². The normalized spacial score (nSPS) is 11.5. The second-order valence-corrected chi connectivity index (χ2v) is 5.82. The van der Waals surface area contributed by atoms with E-state index in [2.05, 4.69) is 6.92 Å². The van der Waals surface area contributed by atoms with Crippen LogP contribution in [0, 0.1) is 6.92 Å². The van der Waals surface area contributed by atoms with Gasteiger partial charge < -0.3 is 9.47 Å². The molecule has 19 heavy (non-hydrogen) atoms. The van der Waals surface area contributed by atoms with Gasteiger partial charge in [-0.1, -0.05) is 13.3 Å². The fourth-order valence-corrected chi connectivity index (χ4v) is 2.36. The molecule has 5 nitrogen and oxygen atoms in total. The fraction of sp³-hybridized carbons (Fsp3) is 0.538. The summed E-state index contributed by atoms with van der Waals surface area (Å²) in [6, 6.07) is 4.71. The minimum Gasteiger partial charge on any atom is -0.491 e. The molecular formula is C13H21NO4S. The molecule has 0 radical (unpaired) electrons. The Bertz CT molecular complexity index is 499. The smallest absolute Gasteiger partial charge is 0.238 e. The average molecular weight is 287 g/mol. The summed E-state index contributed by atoms with van der Waals surface area (Å²) in [6.07, 6.45) is 2.15. The van der Waals surface area contributed by atoms with Gasteiger partial charge in [0.25, 0.3) is 0 Å². The summed E-state index contributed by atoms with van der Waals surface area (Å²) in [7, 11) is -3.67. The van der Waals surface area contributed by atoms with Crippen LogP contribution in [0.25, 0.3) is 0 Å². The van der Waals surface area contributed by atoms with E-state index in [4.69, 9.17) is 14.6 Å². The number of hydrogen-bond donors (Lipinski definition) is 1. The minimum atomic E-state index is -3.67. The number of hydrogen-bond acceptors (Lipinski definition) is 4. The van der Waals surface area contributed by atoms with Crippen LogP contribution >= 0.6 is 0 Å². The Morgan fingerprint density at radius 1 is 1.21 bits per heavy atom. The predicted molar refractivity (Wildman–Crippen MR) is 73.8 cm³/mol. The number of ether oxygens (including phenoxy) is 2. The van der Waals surface area contributed by atoms with E-state index in [1.165, 1.54) is 6.07 Å². The van der Waals surface area contributed by atoms with Gasteiger partial charge in [-0.3, -0.25) is 0 Å². The zero-order chi connectivity index (χ0) is 14.3. The van der Waals surface area contributed by atoms with Crippen LogP contribution in [0.2, 0.25) is 0 Å². The van der Waals surface area contributed by atoms with Crippen molar-refractivity contribution in [2.45, 2.75) is 31.6 Å². The molecule has 0 bridgehead atoms. The van der Waals surface area contributed by atoms with Gasteiger partial charge in [-0.05, 0) is 37.1 Å². The Morgan fingerprint density at radius 3 is 2.53 bits per heavy atom. The Labute approximate surface area is 114 Å². The summed E-state index contributed by atoms with van der Waals surface area (Å²) in [4.78, 5) is 0.124. The summed E-state index contributed by atoms with van der Waals surface area (Å²) >= 11 is 0. The van der Waals surface area contributed by atoms with E-state index in [0.29, 0.717) is 24.5 Å². The van der Waals surface area contributed by atoms with E-state index in [1.807, 2.05) is 0 Å². The standard InChI is InChI=1S/C13H21NO4S/c1-3-4-7-17-8-9-18-12-5-6-13(11(2)10-12)19(14,15)16/h5-6,10H,3-4,7-9H2,1-2H3,(H2,14,15,16). The van der Waals surface area contributed by atoms with Crippen LogP contribution in [-0.2, 0) is 14.8 Å². The maximum Gasteiger partial charge on any atom is 0.238 e. The lowest BCUT2D eigenvalue weighted by Crippen LogP contribution is -2.14. The molecule has 0 heterocycles. The molecule has 1 rings (SSSR count). The highest BCUT2D eigenvalue weighted by atomic mass is 32.2. The number of nitrogens with two attached hydrogens (primary N) is 1. The first-order chi connectivity index (χ1) is 8.95. The van der Waals surface area contributed by atoms with E-state index in [0.717, 1.165) is 19.4 Å². The van der Waals surface area contributed by atoms with Crippen LogP contribution < -0.4 is 9.88 Å². The van der Waals surface area contributed by atoms with Crippen molar-refractivity contribution in [2.75, 3.05) is 19.8 Å². The fourth-order valence-electron chi connectivity index (χ4n) is 1.60. The monoisotopic (exact) mass is 287 g/mol. The first-order valence-electron chi connectivity index (χ1n) is 6.29. The molecule has 0 saturated heterocycles. The van der Waals surface area contributed by atoms with Crippen molar-refractivity contribution < 1.29 is 17.9 Å². The molecule has 0 atom stereocenters. The molecule has 0 spiro atoms. The Hall–Kier alpha value is -1.11. The summed E-state index contributed by atoms with van der Waals surface area (Å²) < 4.78 is 33.3. The van der Waals surface area contributed by atoms with E-state index in [1.54, 1.807) is 19.1 Å². The molecule has 0 aliphatic heterocycles. The quantitative estimate of drug-likeness (QED) is 0.740. The predicted octanol–water partition coefficient (Wildman–Crippen LogP) is 1.84. The highest BCUT2D eigenvalue weighted by molar-refractivity contribution is 7.89. The number of rotatable bonds is 8. The third-order valence-corrected chi connectivity index (χ3v) is 3.66. The van der Waals surface area contributed by atoms with Crippen LogP contribution in [0.4, 0.5) is 0 Å². The second kappa shape index (κ2) is 7.47. The first kappa shape index (κ1) is 15.9. The third-order valence-electron chi connectivity index (χ3n) is 2.59. The van der Waals surface area contributed by atoms with Crippen LogP contribution in [0.1, 0.15) is 25.3 Å². The molecule has 6 heteroatoms. The maximum atomic E-state index is 11.2. The topological polar surface area (TPSA) is 78.6 Å². The molecule has 0 fully saturated rings. The highest BCUT2D eigenvalue weighted by Gasteiger charge is 2.11. The molecule has 0 aliphatic carbocycles. The molecule has 0 unspecified atom stereocenters. The number of primary sulfonamides is 1. The lowest BCUT2D eigenvalue weighted by atomic mass is 10.2. The first-order valence-corrected chi connectivity index (χ1v) is 7.83. The molecule has 108 valence electrons. The molecule has 0 aliphatic rings. The number of benzene rings is 1. The molecule has 1 aromatic carbocycles. The highest BCUT2D eigenvalue weighted by Crippen LogP contribution is 2.20. The molecule has 0 amide bonds. The van der Waals surface area contributed by atoms with Gasteiger partial charge in [0.2, 0.25) is 10.0 Å². The summed E-state index contributed by atoms with van der Waals surface area (Å²) in [5, 5.41) is 5.09. The lowest BCUT2D eigenvalue weighted by molar-refractivity contribution is 0.0980. The summed E-state index contributed by atoms with van der Waals surface area (Å²) in [5.74, 6) is 0.615. The van der Waals surface area contributed by atoms with E-state index < -0.39 is 10.0 Å². The van der Waals surface area contributed by atoms with E-state index in [9.17, 15) is 8.42 Å². The molecule has 2 N–H and O–H groups in total. The summed E-state index contributed by atoms with van der Waals surface area (Å²) in [5.41, 5.74) is 0.576. The zero-order valence-electron chi connectivity index (χ0n) is 11.4. The SMILES string of the molecule is CCCCOCCOc1ccc(S(N)(=O)=O)c(C)c1. The number of unbranched alkanes of at least 4 members (excludes halogenated alkanes) is 1. The van der Waals surface area contributed by atoms with Gasteiger partial charge >= 0.3 is 0 Å². The van der Waals surface area contributed by atoms with Crippen molar-refractivity contribution in [3.63, 3.8) is 0 Å². The van der Waals surface area contributed by atoms with Gasteiger partial charge in [-0.15, -0.1) is 0 Å². The van der Waals surface area contributed by atoms with Crippen LogP contribution in [-0.4, -0.2) is 28.2 Å². The van der Waals surface area contributed by atoms with Crippen LogP contribution in [0.3, 0.4) is 0 Å². The van der Waals surface area contributed by atoms with Crippen molar-refractivity contribution in [3.05, 3.63) is 23.8 Å². The zero-order valence-corrected chi connectivity index (χ0v) is 12.2. The third kappa shape index (κ3) is 5.59. The van der Waals surface area contributed by atoms with Crippen LogP contribution in [0.15, 0.2) is 23.1 Å². The van der Waals surface area contributed by atoms with Crippen molar-refractivity contribution in [3.8, 4) is 5.75 Å². The van der Waals surface area contributed by atoms with Gasteiger partial charge in [0.1, 0.15) is 12.4 Å². The van der Waals surface area contributed by atoms with Gasteiger partial charge in [0.15, 0.2) is 0 Å². The van der Waals surface area contributed by atoms with E-state index in [-0.39, 0.29) is 4.90 Å². The lowest BCUT2D eigenvalue weighted by Gasteiger charge is -2.09. The Balaban J connectivity index is 2.46. The maximum absolute atomic E-state index is 11.2. The molecule has 0 aromatic heterocycles. The Kier molecular flexibility index (Phi) is 6.27. The van der Waals surface area contributed by atoms with Crippen molar-refractivity contribution >= 4 is 10.0 Å². The van der Waals surface area contributed by atoms with Gasteiger partial charge in [-0.2, -0.15) is 0 Å². The van der Waals surface area contributed by atoms with Crippen molar-refractivity contribution in [1.29, 1.82) is 0 Å². The Morgan fingerprint density at radius 2 is 1.95 bits per heavy atom. The minimum absolute atomic E-state index is 0.124. The van der Waals surface area contributed by atoms with Gasteiger partial charge in [-0.25, -0.2) is 13.6 Å². The molecular weight excluding hydrogens is 266 g/mol. The largest absolute Gasteiger partial charge is 0.491 e. The average Bonchev–Trinajstić information content (AvgIpc) is 2.32. The van der Waals surface area contributed by atoms with Crippen molar-refractivity contribution in [1.82, 2.24) is 0 Å². The van der Waals surface area contributed by atoms with E-state index >= 15 is 0 Å².